The minimum atomic E-state index is -3.73. The number of carbonyl (C=O) groups is 1. The number of halogens is 2. The summed E-state index contributed by atoms with van der Waals surface area (Å²) in [5.74, 6) is -0.154. The van der Waals surface area contributed by atoms with Crippen molar-refractivity contribution in [1.29, 1.82) is 0 Å². The van der Waals surface area contributed by atoms with Crippen LogP contribution in [0.5, 0.6) is 0 Å². The predicted octanol–water partition coefficient (Wildman–Crippen LogP) is 2.31. The van der Waals surface area contributed by atoms with Crippen LogP contribution in [0.3, 0.4) is 0 Å². The topological polar surface area (TPSA) is 119 Å². The Morgan fingerprint density at radius 1 is 1.09 bits per heavy atom. The summed E-state index contributed by atoms with van der Waals surface area (Å²) in [5.41, 5.74) is 0.870. The lowest BCUT2D eigenvalue weighted by Gasteiger charge is -2.26. The molecule has 1 fully saturated rings. The van der Waals surface area contributed by atoms with Crippen LogP contribution in [0.2, 0.25) is 10.0 Å². The van der Waals surface area contributed by atoms with Gasteiger partial charge in [0.25, 0.3) is 0 Å². The molecule has 3 aromatic rings. The maximum atomic E-state index is 12.9. The average Bonchev–Trinajstić information content (AvgIpc) is 3.24. The van der Waals surface area contributed by atoms with Crippen LogP contribution in [-0.4, -0.2) is 65.1 Å². The highest BCUT2D eigenvalue weighted by atomic mass is 35.5. The molecule has 0 aliphatic carbocycles. The molecular formula is C19H18Cl2N6O4S. The molecule has 4 rings (SSSR count). The molecule has 168 valence electrons. The number of morpholine rings is 1. The van der Waals surface area contributed by atoms with Gasteiger partial charge in [0.1, 0.15) is 6.54 Å². The number of hydrogen-bond donors (Lipinski definition) is 1. The third-order valence-corrected chi connectivity index (χ3v) is 7.14. The lowest BCUT2D eigenvalue weighted by atomic mass is 10.2. The number of nitrogens with one attached hydrogen (secondary N) is 1. The molecule has 1 aliphatic rings. The number of benzene rings is 2. The van der Waals surface area contributed by atoms with Crippen molar-refractivity contribution in [3.8, 4) is 11.4 Å². The predicted molar refractivity (Wildman–Crippen MR) is 118 cm³/mol. The standard InChI is InChI=1S/C19H18Cl2N6O4S/c20-14-3-1-13(2-4-14)19-23-25-27(24-19)12-18(28)22-17-11-15(5-6-16(17)21)32(29,30)26-7-9-31-10-8-26/h1-6,11H,7-10,12H2,(H,22,28). The van der Waals surface area contributed by atoms with Crippen molar-refractivity contribution in [3.05, 3.63) is 52.5 Å². The van der Waals surface area contributed by atoms with Gasteiger partial charge >= 0.3 is 0 Å². The number of hydrogen-bond acceptors (Lipinski definition) is 7. The van der Waals surface area contributed by atoms with Crippen molar-refractivity contribution < 1.29 is 17.9 Å². The molecule has 1 amide bonds. The number of nitrogens with zero attached hydrogens (tertiary/aromatic N) is 5. The van der Waals surface area contributed by atoms with Gasteiger partial charge in [-0.1, -0.05) is 23.2 Å². The van der Waals surface area contributed by atoms with Gasteiger partial charge in [-0.05, 0) is 47.7 Å². The molecule has 1 saturated heterocycles. The number of sulfonamides is 1. The van der Waals surface area contributed by atoms with E-state index in [0.717, 1.165) is 4.80 Å². The Balaban J connectivity index is 1.46. The first-order valence-electron chi connectivity index (χ1n) is 9.54. The van der Waals surface area contributed by atoms with Gasteiger partial charge in [-0.25, -0.2) is 8.42 Å². The maximum Gasteiger partial charge on any atom is 0.248 e. The summed E-state index contributed by atoms with van der Waals surface area (Å²) in [5, 5.41) is 15.4. The molecular weight excluding hydrogens is 479 g/mol. The molecule has 2 aromatic carbocycles. The molecule has 1 N–H and O–H groups in total. The van der Waals surface area contributed by atoms with Crippen LogP contribution in [-0.2, 0) is 26.1 Å². The minimum Gasteiger partial charge on any atom is -0.379 e. The highest BCUT2D eigenvalue weighted by Crippen LogP contribution is 2.27. The number of anilines is 1. The SMILES string of the molecule is O=C(Cn1nnc(-c2ccc(Cl)cc2)n1)Nc1cc(S(=O)(=O)N2CCOCC2)ccc1Cl. The largest absolute Gasteiger partial charge is 0.379 e. The van der Waals surface area contributed by atoms with Gasteiger partial charge in [-0.3, -0.25) is 4.79 Å². The molecule has 0 unspecified atom stereocenters. The van der Waals surface area contributed by atoms with Gasteiger partial charge in [0, 0.05) is 23.7 Å². The number of amides is 1. The van der Waals surface area contributed by atoms with E-state index in [1.54, 1.807) is 24.3 Å². The van der Waals surface area contributed by atoms with E-state index in [9.17, 15) is 13.2 Å². The number of carbonyl (C=O) groups excluding carboxylic acids is 1. The Morgan fingerprint density at radius 3 is 2.53 bits per heavy atom. The van der Waals surface area contributed by atoms with Crippen LogP contribution in [0.15, 0.2) is 47.4 Å². The molecule has 0 atom stereocenters. The number of aromatic nitrogens is 4. The quantitative estimate of drug-likeness (QED) is 0.555. The lowest BCUT2D eigenvalue weighted by molar-refractivity contribution is -0.117. The van der Waals surface area contributed by atoms with Gasteiger partial charge in [0.05, 0.1) is 28.8 Å². The van der Waals surface area contributed by atoms with Gasteiger partial charge in [-0.15, -0.1) is 10.2 Å². The van der Waals surface area contributed by atoms with E-state index in [4.69, 9.17) is 27.9 Å². The highest BCUT2D eigenvalue weighted by Gasteiger charge is 2.27. The fourth-order valence-corrected chi connectivity index (χ4v) is 4.77. The molecule has 0 radical (unpaired) electrons. The molecule has 0 spiro atoms. The van der Waals surface area contributed by atoms with Crippen molar-refractivity contribution in [3.63, 3.8) is 0 Å². The number of ether oxygens (including phenoxy) is 1. The molecule has 13 heteroatoms. The van der Waals surface area contributed by atoms with E-state index in [1.807, 2.05) is 0 Å². The molecule has 0 bridgehead atoms. The highest BCUT2D eigenvalue weighted by molar-refractivity contribution is 7.89. The zero-order chi connectivity index (χ0) is 22.7. The van der Waals surface area contributed by atoms with Crippen molar-refractivity contribution in [2.45, 2.75) is 11.4 Å². The Bertz CT molecular complexity index is 1230. The third kappa shape index (κ3) is 5.08. The Hall–Kier alpha value is -2.57. The maximum absolute atomic E-state index is 12.9. The second-order valence-electron chi connectivity index (χ2n) is 6.86. The molecule has 0 saturated carbocycles. The summed E-state index contributed by atoms with van der Waals surface area (Å²) in [6, 6.07) is 11.0. The second-order valence-corrected chi connectivity index (χ2v) is 9.64. The van der Waals surface area contributed by atoms with Crippen molar-refractivity contribution in [2.24, 2.45) is 0 Å². The summed E-state index contributed by atoms with van der Waals surface area (Å²) >= 11 is 12.0. The summed E-state index contributed by atoms with van der Waals surface area (Å²) in [4.78, 5) is 13.7. The molecule has 1 aliphatic heterocycles. The molecule has 1 aromatic heterocycles. The van der Waals surface area contributed by atoms with Gasteiger partial charge < -0.3 is 10.1 Å². The van der Waals surface area contributed by atoms with Crippen LogP contribution in [0.25, 0.3) is 11.4 Å². The van der Waals surface area contributed by atoms with E-state index in [1.165, 1.54) is 22.5 Å². The Kier molecular flexibility index (Phi) is 6.72. The van der Waals surface area contributed by atoms with Crippen molar-refractivity contribution >= 4 is 44.8 Å². The van der Waals surface area contributed by atoms with Gasteiger partial charge in [0.2, 0.25) is 21.8 Å². The third-order valence-electron chi connectivity index (χ3n) is 4.66. The van der Waals surface area contributed by atoms with Crippen LogP contribution in [0.4, 0.5) is 5.69 Å². The van der Waals surface area contributed by atoms with Crippen LogP contribution in [0, 0.1) is 0 Å². The van der Waals surface area contributed by atoms with Crippen LogP contribution >= 0.6 is 23.2 Å². The first-order chi connectivity index (χ1) is 15.3. The molecule has 2 heterocycles. The zero-order valence-corrected chi connectivity index (χ0v) is 18.9. The average molecular weight is 497 g/mol. The second kappa shape index (κ2) is 9.51. The van der Waals surface area contributed by atoms with Crippen LogP contribution < -0.4 is 5.32 Å². The first kappa shape index (κ1) is 22.6. The van der Waals surface area contributed by atoms with Crippen LogP contribution in [0.1, 0.15) is 0 Å². The minimum absolute atomic E-state index is 0.0306. The summed E-state index contributed by atoms with van der Waals surface area (Å²) in [6.45, 7) is 0.956. The van der Waals surface area contributed by atoms with Gasteiger partial charge in [0.15, 0.2) is 0 Å². The number of rotatable bonds is 6. The first-order valence-corrected chi connectivity index (χ1v) is 11.7. The Morgan fingerprint density at radius 2 is 1.81 bits per heavy atom. The van der Waals surface area contributed by atoms with E-state index in [2.05, 4.69) is 20.7 Å². The fourth-order valence-electron chi connectivity index (χ4n) is 3.04. The van der Waals surface area contributed by atoms with Crippen molar-refractivity contribution in [2.75, 3.05) is 31.6 Å². The monoisotopic (exact) mass is 496 g/mol. The van der Waals surface area contributed by atoms with Gasteiger partial charge in [-0.2, -0.15) is 9.10 Å². The molecule has 32 heavy (non-hydrogen) atoms. The van der Waals surface area contributed by atoms with Crippen molar-refractivity contribution in [1.82, 2.24) is 24.5 Å². The zero-order valence-electron chi connectivity index (χ0n) is 16.6. The lowest BCUT2D eigenvalue weighted by Crippen LogP contribution is -2.40. The van der Waals surface area contributed by atoms with E-state index < -0.39 is 15.9 Å². The Labute approximate surface area is 194 Å². The smallest absolute Gasteiger partial charge is 0.248 e. The fraction of sp³-hybridized carbons (Fsp3) is 0.263. The van der Waals surface area contributed by atoms with E-state index in [0.29, 0.717) is 29.6 Å². The summed E-state index contributed by atoms with van der Waals surface area (Å²) in [7, 11) is -3.73. The molecule has 10 nitrogen and oxygen atoms in total. The van der Waals surface area contributed by atoms with E-state index >= 15 is 0 Å². The normalized spacial score (nSPS) is 14.9. The number of tetrazole rings is 1. The summed E-state index contributed by atoms with van der Waals surface area (Å²) in [6.07, 6.45) is 0. The van der Waals surface area contributed by atoms with E-state index in [-0.39, 0.29) is 35.2 Å². The summed E-state index contributed by atoms with van der Waals surface area (Å²) < 4.78 is 32.3.